The van der Waals surface area contributed by atoms with E-state index >= 15 is 0 Å². The summed E-state index contributed by atoms with van der Waals surface area (Å²) in [5.41, 5.74) is 12.0. The summed E-state index contributed by atoms with van der Waals surface area (Å²) in [5, 5.41) is 18.4. The number of piperazine rings is 2. The van der Waals surface area contributed by atoms with Crippen molar-refractivity contribution in [3.63, 3.8) is 0 Å². The Hall–Kier alpha value is -7.11. The van der Waals surface area contributed by atoms with E-state index in [2.05, 4.69) is 89.2 Å². The zero-order chi connectivity index (χ0) is 48.9. The van der Waals surface area contributed by atoms with Gasteiger partial charge in [0.25, 0.3) is 11.8 Å². The number of rotatable bonds is 14. The first-order valence-electron chi connectivity index (χ1n) is 23.9. The summed E-state index contributed by atoms with van der Waals surface area (Å²) in [4.78, 5) is 48.9. The minimum atomic E-state index is -0.124. The molecule has 3 aromatic heterocycles. The van der Waals surface area contributed by atoms with Crippen LogP contribution >= 0.6 is 22.7 Å². The first-order chi connectivity index (χ1) is 34.6. The second-order valence-electron chi connectivity index (χ2n) is 18.0. The average Bonchev–Trinajstić information content (AvgIpc) is 4.08. The Morgan fingerprint density at radius 2 is 1.06 bits per heavy atom. The van der Waals surface area contributed by atoms with Crippen LogP contribution in [0.4, 0.5) is 33.0 Å². The van der Waals surface area contributed by atoms with Crippen molar-refractivity contribution in [1.82, 2.24) is 34.6 Å². The van der Waals surface area contributed by atoms with Gasteiger partial charge in [0, 0.05) is 134 Å². The molecule has 0 saturated carbocycles. The number of amides is 2. The maximum Gasteiger partial charge on any atom is 0.255 e. The number of carbonyl (C=O) groups is 2. The van der Waals surface area contributed by atoms with Crippen LogP contribution in [0.15, 0.2) is 157 Å². The van der Waals surface area contributed by atoms with Crippen molar-refractivity contribution in [2.75, 3.05) is 87.7 Å². The van der Waals surface area contributed by atoms with E-state index in [1.807, 2.05) is 127 Å². The quantitative estimate of drug-likeness (QED) is 0.0830. The predicted molar refractivity (Wildman–Crippen MR) is 291 cm³/mol. The molecule has 13 nitrogen and oxygen atoms in total. The van der Waals surface area contributed by atoms with Gasteiger partial charge in [-0.1, -0.05) is 66.7 Å². The van der Waals surface area contributed by atoms with Gasteiger partial charge in [-0.05, 0) is 104 Å². The van der Waals surface area contributed by atoms with E-state index in [0.29, 0.717) is 11.1 Å². The molecule has 0 bridgehead atoms. The monoisotopic (exact) mass is 981 g/mol. The first-order valence-corrected chi connectivity index (χ1v) is 25.7. The van der Waals surface area contributed by atoms with E-state index in [1.54, 1.807) is 23.7 Å². The predicted octanol–water partition coefficient (Wildman–Crippen LogP) is 10.8. The molecule has 2 fully saturated rings. The summed E-state index contributed by atoms with van der Waals surface area (Å²) in [5.74, 6) is -0.238. The number of aryl methyl sites for hydroxylation is 1. The van der Waals surface area contributed by atoms with Crippen molar-refractivity contribution in [3.05, 3.63) is 184 Å². The van der Waals surface area contributed by atoms with Crippen LogP contribution in [0.5, 0.6) is 0 Å². The van der Waals surface area contributed by atoms with Crippen LogP contribution in [0.1, 0.15) is 37.4 Å². The summed E-state index contributed by atoms with van der Waals surface area (Å²) >= 11 is 3.09. The van der Waals surface area contributed by atoms with Crippen molar-refractivity contribution in [1.29, 1.82) is 0 Å². The van der Waals surface area contributed by atoms with E-state index in [4.69, 9.17) is 4.98 Å². The Kier molecular flexibility index (Phi) is 16.3. The summed E-state index contributed by atoms with van der Waals surface area (Å²) in [6.45, 7) is 12.6. The van der Waals surface area contributed by atoms with Crippen LogP contribution in [-0.2, 0) is 13.1 Å². The maximum atomic E-state index is 12.9. The van der Waals surface area contributed by atoms with Crippen LogP contribution < -0.4 is 21.3 Å². The van der Waals surface area contributed by atoms with Gasteiger partial charge in [0.15, 0.2) is 10.3 Å². The van der Waals surface area contributed by atoms with E-state index in [0.717, 1.165) is 127 Å². The number of anilines is 6. The number of hydrogen-bond acceptors (Lipinski definition) is 13. The molecule has 0 atom stereocenters. The van der Waals surface area contributed by atoms with E-state index < -0.39 is 0 Å². The lowest BCUT2D eigenvalue weighted by Gasteiger charge is -2.32. The Morgan fingerprint density at radius 1 is 0.535 bits per heavy atom. The van der Waals surface area contributed by atoms with Crippen LogP contribution in [0.2, 0.25) is 0 Å². The zero-order valence-electron chi connectivity index (χ0n) is 40.3. The van der Waals surface area contributed by atoms with Crippen molar-refractivity contribution in [2.24, 2.45) is 0 Å². The Balaban J connectivity index is 0.000000176. The molecule has 2 amide bonds. The number of hydrogen-bond donors (Lipinski definition) is 4. The van der Waals surface area contributed by atoms with Crippen molar-refractivity contribution >= 4 is 67.5 Å². The topological polar surface area (TPSA) is 134 Å². The van der Waals surface area contributed by atoms with E-state index in [-0.39, 0.29) is 11.8 Å². The fourth-order valence-corrected chi connectivity index (χ4v) is 9.73. The normalized spacial score (nSPS) is 14.5. The molecule has 2 saturated heterocycles. The third-order valence-electron chi connectivity index (χ3n) is 12.6. The lowest BCUT2D eigenvalue weighted by Crippen LogP contribution is -2.43. The molecular weight excluding hydrogens is 923 g/mol. The van der Waals surface area contributed by atoms with Gasteiger partial charge in [-0.2, -0.15) is 0 Å². The minimum Gasteiger partial charge on any atom is -0.331 e. The molecule has 0 aliphatic carbocycles. The van der Waals surface area contributed by atoms with Crippen molar-refractivity contribution in [2.45, 2.75) is 20.0 Å². The number of thiazole rings is 2. The smallest absolute Gasteiger partial charge is 0.255 e. The van der Waals surface area contributed by atoms with E-state index in [1.165, 1.54) is 22.5 Å². The highest BCUT2D eigenvalue weighted by Crippen LogP contribution is 2.31. The van der Waals surface area contributed by atoms with Crippen LogP contribution in [0.3, 0.4) is 0 Å². The number of nitrogens with one attached hydrogen (secondary N) is 4. The third-order valence-corrected chi connectivity index (χ3v) is 14.1. The van der Waals surface area contributed by atoms with Gasteiger partial charge >= 0.3 is 0 Å². The maximum absolute atomic E-state index is 12.9. The number of nitrogens with zero attached hydrogens (tertiary/aromatic N) is 7. The highest BCUT2D eigenvalue weighted by molar-refractivity contribution is 7.14. The summed E-state index contributed by atoms with van der Waals surface area (Å²) in [6, 6.07) is 43.4. The molecule has 0 unspecified atom stereocenters. The molecular formula is C56H59N11O2S2. The SMILES string of the molecule is CN1CCN(Cc2ccc(C(=O)Nc3cccc(Nc4nc(-c5cccnc5)cs4)c3)cc2)CC1.Cc1ccc(NC(=O)c2ccc(CN3CCN(C)CC3)cc2)cc1Nc1nc(-c2ccccc2)cs1. The molecule has 8 aromatic rings. The minimum absolute atomic E-state index is 0.114. The molecule has 2 aliphatic rings. The number of benzene rings is 5. The van der Waals surface area contributed by atoms with Crippen LogP contribution in [0.25, 0.3) is 22.5 Å². The van der Waals surface area contributed by atoms with Crippen LogP contribution in [-0.4, -0.2) is 113 Å². The molecule has 5 aromatic carbocycles. The largest absolute Gasteiger partial charge is 0.331 e. The second-order valence-corrected chi connectivity index (χ2v) is 19.7. The molecule has 15 heteroatoms. The van der Waals surface area contributed by atoms with Crippen molar-refractivity contribution in [3.8, 4) is 22.5 Å². The van der Waals surface area contributed by atoms with Gasteiger partial charge in [-0.3, -0.25) is 24.4 Å². The fraction of sp³-hybridized carbons (Fsp3) is 0.232. The third kappa shape index (κ3) is 13.8. The zero-order valence-corrected chi connectivity index (χ0v) is 42.0. The Labute approximate surface area is 424 Å². The molecule has 71 heavy (non-hydrogen) atoms. The summed E-state index contributed by atoms with van der Waals surface area (Å²) in [7, 11) is 4.33. The number of pyridine rings is 1. The molecule has 362 valence electrons. The Morgan fingerprint density at radius 3 is 1.62 bits per heavy atom. The second kappa shape index (κ2) is 23.7. The lowest BCUT2D eigenvalue weighted by molar-refractivity contribution is 0.101. The van der Waals surface area contributed by atoms with E-state index in [9.17, 15) is 9.59 Å². The molecule has 5 heterocycles. The standard InChI is InChI=1S/C29H31N5OS.C27H28N6OS/c1-21-8-13-25(18-26(21)31-29-32-27(20-36-29)23-6-4-3-5-7-23)30-28(35)24-11-9-22(10-12-24)19-34-16-14-33(2)15-17-34;1-32-12-14-33(15-13-32)18-20-7-9-21(10-8-20)26(34)29-23-5-2-6-24(16-23)30-27-31-25(19-35-27)22-4-3-11-28-17-22/h3-13,18,20H,14-17,19H2,1-2H3,(H,30,35)(H,31,32);2-11,16-17,19H,12-15,18H2,1H3,(H,29,34)(H,30,31). The van der Waals surface area contributed by atoms with Crippen LogP contribution in [0, 0.1) is 6.92 Å². The first kappa shape index (κ1) is 48.9. The van der Waals surface area contributed by atoms with Gasteiger partial charge in [0.1, 0.15) is 0 Å². The number of carbonyl (C=O) groups excluding carboxylic acids is 2. The molecule has 2 aliphatic heterocycles. The van der Waals surface area contributed by atoms with Gasteiger partial charge in [-0.15, -0.1) is 22.7 Å². The molecule has 0 radical (unpaired) electrons. The highest BCUT2D eigenvalue weighted by Gasteiger charge is 2.17. The average molecular weight is 982 g/mol. The van der Waals surface area contributed by atoms with Gasteiger partial charge in [-0.25, -0.2) is 9.97 Å². The number of likely N-dealkylation sites (N-methyl/N-ethyl adjacent to an activating group) is 2. The Bertz CT molecular complexity index is 2990. The fourth-order valence-electron chi connectivity index (χ4n) is 8.26. The molecule has 10 rings (SSSR count). The molecule has 0 spiro atoms. The summed E-state index contributed by atoms with van der Waals surface area (Å²) < 4.78 is 0. The molecule has 4 N–H and O–H groups in total. The highest BCUT2D eigenvalue weighted by atomic mass is 32.1. The van der Waals surface area contributed by atoms with Gasteiger partial charge < -0.3 is 31.1 Å². The van der Waals surface area contributed by atoms with Gasteiger partial charge in [0.2, 0.25) is 0 Å². The summed E-state index contributed by atoms with van der Waals surface area (Å²) in [6.07, 6.45) is 3.55. The number of aromatic nitrogens is 3. The van der Waals surface area contributed by atoms with Gasteiger partial charge in [0.05, 0.1) is 11.4 Å². The van der Waals surface area contributed by atoms with Crippen molar-refractivity contribution < 1.29 is 9.59 Å². The lowest BCUT2D eigenvalue weighted by atomic mass is 10.1.